The standard InChI is InChI=1S/C16H22Se/c1-3-4-5-9-12-16(17-2)14-13-15-10-7-6-8-11-15/h6-8,10-14H,3-5,9H2,1-2H3/b14-13+,16-12-. The number of hydrogen-bond acceptors (Lipinski definition) is 0. The Bertz CT molecular complexity index is 349. The Kier molecular flexibility index (Phi) is 7.79. The fraction of sp³-hybridized carbons (Fsp3) is 0.375. The van der Waals surface area contributed by atoms with Gasteiger partial charge >= 0.3 is 112 Å². The molecule has 92 valence electrons. The average molecular weight is 293 g/mol. The predicted molar refractivity (Wildman–Crippen MR) is 79.3 cm³/mol. The Morgan fingerprint density at radius 1 is 1.18 bits per heavy atom. The minimum absolute atomic E-state index is 0.595. The van der Waals surface area contributed by atoms with Gasteiger partial charge < -0.3 is 0 Å². The van der Waals surface area contributed by atoms with Crippen LogP contribution in [0.1, 0.15) is 38.2 Å². The maximum atomic E-state index is 2.41. The molecular formula is C16H22Se. The number of rotatable bonds is 7. The zero-order chi connectivity index (χ0) is 12.3. The van der Waals surface area contributed by atoms with E-state index in [0.717, 1.165) is 0 Å². The topological polar surface area (TPSA) is 0 Å². The van der Waals surface area contributed by atoms with E-state index in [4.69, 9.17) is 0 Å². The summed E-state index contributed by atoms with van der Waals surface area (Å²) in [6.07, 6.45) is 12.1. The first-order chi connectivity index (χ1) is 8.36. The third-order valence-corrected chi connectivity index (χ3v) is 4.25. The molecule has 0 fully saturated rings. The van der Waals surface area contributed by atoms with Crippen LogP contribution in [0.4, 0.5) is 0 Å². The number of benzene rings is 1. The molecule has 0 heterocycles. The van der Waals surface area contributed by atoms with Gasteiger partial charge in [-0.2, -0.15) is 0 Å². The minimum atomic E-state index is 0.595. The molecule has 0 aromatic heterocycles. The molecule has 0 atom stereocenters. The van der Waals surface area contributed by atoms with Crippen LogP contribution in [0.2, 0.25) is 5.82 Å². The van der Waals surface area contributed by atoms with Gasteiger partial charge in [0.05, 0.1) is 0 Å². The molecule has 1 aromatic rings. The molecule has 0 amide bonds. The third kappa shape index (κ3) is 6.51. The average Bonchev–Trinajstić information content (AvgIpc) is 2.39. The molecule has 0 aliphatic carbocycles. The van der Waals surface area contributed by atoms with Gasteiger partial charge in [0.2, 0.25) is 0 Å². The van der Waals surface area contributed by atoms with Crippen LogP contribution in [0.15, 0.2) is 47.0 Å². The van der Waals surface area contributed by atoms with Crippen LogP contribution in [-0.2, 0) is 0 Å². The molecule has 1 rings (SSSR count). The molecule has 0 bridgehead atoms. The molecule has 0 saturated heterocycles. The Labute approximate surface area is 112 Å². The summed E-state index contributed by atoms with van der Waals surface area (Å²) in [6, 6.07) is 10.5. The molecule has 0 spiro atoms. The maximum absolute atomic E-state index is 2.41. The predicted octanol–water partition coefficient (Wildman–Crippen LogP) is 4.92. The second-order valence-corrected chi connectivity index (χ2v) is 5.90. The Balaban J connectivity index is 2.48. The fourth-order valence-corrected chi connectivity index (χ4v) is 2.63. The molecule has 0 nitrogen and oxygen atoms in total. The molecule has 1 aromatic carbocycles. The summed E-state index contributed by atoms with van der Waals surface area (Å²) in [5, 5.41) is 0. The van der Waals surface area contributed by atoms with Crippen LogP contribution in [0.5, 0.6) is 0 Å². The summed E-state index contributed by atoms with van der Waals surface area (Å²) in [5.41, 5.74) is 1.29. The van der Waals surface area contributed by atoms with E-state index in [1.807, 2.05) is 0 Å². The van der Waals surface area contributed by atoms with Crippen LogP contribution >= 0.6 is 0 Å². The monoisotopic (exact) mass is 294 g/mol. The van der Waals surface area contributed by atoms with E-state index in [1.165, 1.54) is 35.7 Å². The van der Waals surface area contributed by atoms with Gasteiger partial charge in [-0.15, -0.1) is 0 Å². The Hall–Kier alpha value is -0.781. The van der Waals surface area contributed by atoms with Crippen molar-refractivity contribution in [1.82, 2.24) is 0 Å². The molecule has 0 aliphatic heterocycles. The molecule has 0 N–H and O–H groups in total. The van der Waals surface area contributed by atoms with Crippen molar-refractivity contribution < 1.29 is 0 Å². The van der Waals surface area contributed by atoms with Crippen LogP contribution in [0.3, 0.4) is 0 Å². The molecule has 17 heavy (non-hydrogen) atoms. The van der Waals surface area contributed by atoms with Gasteiger partial charge in [0.15, 0.2) is 0 Å². The van der Waals surface area contributed by atoms with Crippen LogP contribution in [0, 0.1) is 0 Å². The van der Waals surface area contributed by atoms with E-state index < -0.39 is 0 Å². The van der Waals surface area contributed by atoms with Crippen molar-refractivity contribution in [1.29, 1.82) is 0 Å². The summed E-state index contributed by atoms with van der Waals surface area (Å²) < 4.78 is 1.51. The Morgan fingerprint density at radius 3 is 2.59 bits per heavy atom. The summed E-state index contributed by atoms with van der Waals surface area (Å²) in [5.74, 6) is 2.29. The molecule has 0 saturated carbocycles. The van der Waals surface area contributed by atoms with Crippen molar-refractivity contribution >= 4 is 21.0 Å². The molecule has 0 aliphatic rings. The van der Waals surface area contributed by atoms with Gasteiger partial charge in [0, 0.05) is 0 Å². The van der Waals surface area contributed by atoms with Gasteiger partial charge in [0.25, 0.3) is 0 Å². The molecular weight excluding hydrogens is 271 g/mol. The van der Waals surface area contributed by atoms with Crippen LogP contribution in [-0.4, -0.2) is 15.0 Å². The first-order valence-electron chi connectivity index (χ1n) is 6.34. The van der Waals surface area contributed by atoms with Gasteiger partial charge in [-0.1, -0.05) is 0 Å². The second kappa shape index (κ2) is 9.27. The van der Waals surface area contributed by atoms with Crippen molar-refractivity contribution in [3.8, 4) is 0 Å². The van der Waals surface area contributed by atoms with Crippen molar-refractivity contribution in [2.45, 2.75) is 38.4 Å². The van der Waals surface area contributed by atoms with Gasteiger partial charge in [-0.3, -0.25) is 0 Å². The van der Waals surface area contributed by atoms with Crippen molar-refractivity contribution in [3.05, 3.63) is 52.5 Å². The molecule has 0 radical (unpaired) electrons. The summed E-state index contributed by atoms with van der Waals surface area (Å²) in [7, 11) is 0. The summed E-state index contributed by atoms with van der Waals surface area (Å²) in [4.78, 5) is 0. The first-order valence-corrected chi connectivity index (χ1v) is 8.91. The van der Waals surface area contributed by atoms with Gasteiger partial charge in [0.1, 0.15) is 0 Å². The third-order valence-electron chi connectivity index (χ3n) is 2.63. The number of allylic oxidation sites excluding steroid dienone is 3. The van der Waals surface area contributed by atoms with E-state index in [1.54, 1.807) is 0 Å². The van der Waals surface area contributed by atoms with E-state index in [-0.39, 0.29) is 0 Å². The van der Waals surface area contributed by atoms with E-state index in [9.17, 15) is 0 Å². The summed E-state index contributed by atoms with van der Waals surface area (Å²) in [6.45, 7) is 2.25. The van der Waals surface area contributed by atoms with Crippen LogP contribution < -0.4 is 0 Å². The van der Waals surface area contributed by atoms with E-state index >= 15 is 0 Å². The fourth-order valence-electron chi connectivity index (χ4n) is 1.60. The Morgan fingerprint density at radius 2 is 1.94 bits per heavy atom. The van der Waals surface area contributed by atoms with E-state index in [0.29, 0.717) is 15.0 Å². The van der Waals surface area contributed by atoms with Crippen molar-refractivity contribution in [3.63, 3.8) is 0 Å². The van der Waals surface area contributed by atoms with Gasteiger partial charge in [-0.25, -0.2) is 0 Å². The molecule has 0 unspecified atom stereocenters. The second-order valence-electron chi connectivity index (χ2n) is 4.05. The molecule has 1 heteroatoms. The normalized spacial score (nSPS) is 12.2. The zero-order valence-electron chi connectivity index (χ0n) is 10.9. The summed E-state index contributed by atoms with van der Waals surface area (Å²) >= 11 is 0.595. The van der Waals surface area contributed by atoms with Gasteiger partial charge in [-0.05, 0) is 0 Å². The van der Waals surface area contributed by atoms with E-state index in [2.05, 4.69) is 61.3 Å². The quantitative estimate of drug-likeness (QED) is 0.380. The van der Waals surface area contributed by atoms with Crippen LogP contribution in [0.25, 0.3) is 6.08 Å². The number of hydrogen-bond donors (Lipinski definition) is 0. The number of unbranched alkanes of at least 4 members (excludes halogenated alkanes) is 3. The first kappa shape index (κ1) is 14.3. The zero-order valence-corrected chi connectivity index (χ0v) is 12.6. The van der Waals surface area contributed by atoms with Crippen molar-refractivity contribution in [2.24, 2.45) is 0 Å². The SMILES string of the molecule is CCCCC/C=C(/C=C/c1ccccc1)[Se]C. The van der Waals surface area contributed by atoms with Crippen molar-refractivity contribution in [2.75, 3.05) is 0 Å².